The number of carbonyl (C=O) groups excluding carboxylic acids is 1. The summed E-state index contributed by atoms with van der Waals surface area (Å²) in [5.41, 5.74) is 1.36. The van der Waals surface area contributed by atoms with Gasteiger partial charge in [-0.2, -0.15) is 0 Å². The van der Waals surface area contributed by atoms with E-state index in [9.17, 15) is 4.79 Å². The van der Waals surface area contributed by atoms with Crippen LogP contribution in [0, 0.1) is 0 Å². The van der Waals surface area contributed by atoms with Crippen LogP contribution in [0.25, 0.3) is 0 Å². The minimum Gasteiger partial charge on any atom is -0.325 e. The fourth-order valence-electron chi connectivity index (χ4n) is 2.68. The number of benzene rings is 1. The van der Waals surface area contributed by atoms with Gasteiger partial charge in [0.1, 0.15) is 0 Å². The summed E-state index contributed by atoms with van der Waals surface area (Å²) in [6.45, 7) is 3.68. The molecule has 0 N–H and O–H groups in total. The average molecular weight is 230 g/mol. The average Bonchev–Trinajstić information content (AvgIpc) is 2.81. The van der Waals surface area contributed by atoms with Crippen LogP contribution in [0.4, 0.5) is 4.79 Å². The molecule has 0 unspecified atom stereocenters. The molecule has 0 aromatic heterocycles. The molecule has 90 valence electrons. The van der Waals surface area contributed by atoms with Gasteiger partial charge in [-0.1, -0.05) is 30.3 Å². The van der Waals surface area contributed by atoms with Gasteiger partial charge in [-0.05, 0) is 18.4 Å². The van der Waals surface area contributed by atoms with Crippen LogP contribution >= 0.6 is 0 Å². The SMILES string of the molecule is O=C(N1CCCC1)N1CC(c2ccccc2)C1. The molecule has 0 aliphatic carbocycles. The minimum absolute atomic E-state index is 0.245. The van der Waals surface area contributed by atoms with Gasteiger partial charge < -0.3 is 9.80 Å². The van der Waals surface area contributed by atoms with Crippen LogP contribution in [-0.4, -0.2) is 42.0 Å². The maximum absolute atomic E-state index is 12.1. The second-order valence-electron chi connectivity index (χ2n) is 4.99. The van der Waals surface area contributed by atoms with Crippen LogP contribution in [0.5, 0.6) is 0 Å². The zero-order chi connectivity index (χ0) is 11.7. The molecule has 2 heterocycles. The van der Waals surface area contributed by atoms with E-state index in [1.807, 2.05) is 15.9 Å². The van der Waals surface area contributed by atoms with E-state index >= 15 is 0 Å². The molecule has 2 aliphatic heterocycles. The van der Waals surface area contributed by atoms with Crippen LogP contribution in [-0.2, 0) is 0 Å². The van der Waals surface area contributed by atoms with Crippen molar-refractivity contribution in [2.24, 2.45) is 0 Å². The molecule has 3 rings (SSSR count). The Morgan fingerprint density at radius 3 is 2.29 bits per heavy atom. The highest BCUT2D eigenvalue weighted by molar-refractivity contribution is 5.76. The van der Waals surface area contributed by atoms with Gasteiger partial charge in [0.15, 0.2) is 0 Å². The first-order valence-corrected chi connectivity index (χ1v) is 6.43. The first kappa shape index (κ1) is 10.6. The van der Waals surface area contributed by atoms with Gasteiger partial charge in [0.2, 0.25) is 0 Å². The van der Waals surface area contributed by atoms with Crippen molar-refractivity contribution in [3.05, 3.63) is 35.9 Å². The normalized spacial score (nSPS) is 20.5. The lowest BCUT2D eigenvalue weighted by molar-refractivity contribution is 0.121. The molecule has 2 fully saturated rings. The summed E-state index contributed by atoms with van der Waals surface area (Å²) in [6, 6.07) is 10.7. The summed E-state index contributed by atoms with van der Waals surface area (Å²) < 4.78 is 0. The van der Waals surface area contributed by atoms with Gasteiger partial charge in [-0.3, -0.25) is 0 Å². The van der Waals surface area contributed by atoms with Crippen molar-refractivity contribution in [2.45, 2.75) is 18.8 Å². The van der Waals surface area contributed by atoms with Crippen molar-refractivity contribution in [2.75, 3.05) is 26.2 Å². The molecule has 1 aromatic carbocycles. The van der Waals surface area contributed by atoms with E-state index in [1.165, 1.54) is 18.4 Å². The molecule has 2 aliphatic rings. The molecule has 0 saturated carbocycles. The first-order chi connectivity index (χ1) is 8.34. The highest BCUT2D eigenvalue weighted by Gasteiger charge is 2.34. The predicted octanol–water partition coefficient (Wildman–Crippen LogP) is 2.30. The van der Waals surface area contributed by atoms with Crippen molar-refractivity contribution in [1.82, 2.24) is 9.80 Å². The molecule has 1 aromatic rings. The minimum atomic E-state index is 0.245. The van der Waals surface area contributed by atoms with Gasteiger partial charge in [-0.25, -0.2) is 4.79 Å². The van der Waals surface area contributed by atoms with E-state index in [0.29, 0.717) is 5.92 Å². The van der Waals surface area contributed by atoms with Crippen molar-refractivity contribution in [1.29, 1.82) is 0 Å². The number of nitrogens with zero attached hydrogens (tertiary/aromatic N) is 2. The number of rotatable bonds is 1. The Labute approximate surface area is 102 Å². The van der Waals surface area contributed by atoms with E-state index in [0.717, 1.165) is 26.2 Å². The quantitative estimate of drug-likeness (QED) is 0.726. The number of likely N-dealkylation sites (tertiary alicyclic amines) is 2. The Kier molecular flexibility index (Phi) is 2.75. The largest absolute Gasteiger partial charge is 0.325 e. The van der Waals surface area contributed by atoms with E-state index < -0.39 is 0 Å². The third-order valence-electron chi connectivity index (χ3n) is 3.80. The maximum Gasteiger partial charge on any atom is 0.320 e. The summed E-state index contributed by atoms with van der Waals surface area (Å²) in [5.74, 6) is 0.544. The summed E-state index contributed by atoms with van der Waals surface area (Å²) in [6.07, 6.45) is 2.34. The topological polar surface area (TPSA) is 23.6 Å². The molecule has 3 nitrogen and oxygen atoms in total. The Morgan fingerprint density at radius 1 is 1.00 bits per heavy atom. The fraction of sp³-hybridized carbons (Fsp3) is 0.500. The Morgan fingerprint density at radius 2 is 1.65 bits per heavy atom. The van der Waals surface area contributed by atoms with Gasteiger partial charge >= 0.3 is 6.03 Å². The number of amides is 2. The molecule has 2 saturated heterocycles. The van der Waals surface area contributed by atoms with Crippen LogP contribution < -0.4 is 0 Å². The lowest BCUT2D eigenvalue weighted by Gasteiger charge is -2.41. The van der Waals surface area contributed by atoms with Crippen molar-refractivity contribution in [3.8, 4) is 0 Å². The van der Waals surface area contributed by atoms with Crippen LogP contribution in [0.3, 0.4) is 0 Å². The summed E-state index contributed by atoms with van der Waals surface area (Å²) in [5, 5.41) is 0. The highest BCUT2D eigenvalue weighted by Crippen LogP contribution is 2.28. The Bertz CT molecular complexity index is 392. The highest BCUT2D eigenvalue weighted by atomic mass is 16.2. The van der Waals surface area contributed by atoms with Crippen LogP contribution in [0.15, 0.2) is 30.3 Å². The van der Waals surface area contributed by atoms with E-state index in [-0.39, 0.29) is 6.03 Å². The zero-order valence-electron chi connectivity index (χ0n) is 10.0. The molecule has 0 spiro atoms. The predicted molar refractivity (Wildman–Crippen MR) is 67.0 cm³/mol. The summed E-state index contributed by atoms with van der Waals surface area (Å²) >= 11 is 0. The third-order valence-corrected chi connectivity index (χ3v) is 3.80. The molecule has 0 radical (unpaired) electrons. The lowest BCUT2D eigenvalue weighted by Crippen LogP contribution is -2.53. The number of hydrogen-bond acceptors (Lipinski definition) is 1. The van der Waals surface area contributed by atoms with Crippen molar-refractivity contribution < 1.29 is 4.79 Å². The summed E-state index contributed by atoms with van der Waals surface area (Å²) in [4.78, 5) is 16.0. The molecule has 0 atom stereocenters. The van der Waals surface area contributed by atoms with Crippen molar-refractivity contribution in [3.63, 3.8) is 0 Å². The lowest BCUT2D eigenvalue weighted by atomic mass is 9.92. The molecule has 17 heavy (non-hydrogen) atoms. The van der Waals surface area contributed by atoms with Crippen molar-refractivity contribution >= 4 is 6.03 Å². The molecule has 0 bridgehead atoms. The van der Waals surface area contributed by atoms with Gasteiger partial charge in [-0.15, -0.1) is 0 Å². The molecular formula is C14H18N2O. The summed E-state index contributed by atoms with van der Waals surface area (Å²) in [7, 11) is 0. The zero-order valence-corrected chi connectivity index (χ0v) is 10.0. The van der Waals surface area contributed by atoms with Gasteiger partial charge in [0, 0.05) is 32.1 Å². The Balaban J connectivity index is 1.56. The van der Waals surface area contributed by atoms with E-state index in [4.69, 9.17) is 0 Å². The number of urea groups is 1. The second-order valence-corrected chi connectivity index (χ2v) is 4.99. The third kappa shape index (κ3) is 2.02. The Hall–Kier alpha value is -1.51. The monoisotopic (exact) mass is 230 g/mol. The van der Waals surface area contributed by atoms with Crippen LogP contribution in [0.2, 0.25) is 0 Å². The maximum atomic E-state index is 12.1. The molecular weight excluding hydrogens is 212 g/mol. The fourth-order valence-corrected chi connectivity index (χ4v) is 2.68. The number of carbonyl (C=O) groups is 1. The first-order valence-electron chi connectivity index (χ1n) is 6.43. The second kappa shape index (κ2) is 4.40. The van der Waals surface area contributed by atoms with Gasteiger partial charge in [0.25, 0.3) is 0 Å². The smallest absolute Gasteiger partial charge is 0.320 e. The van der Waals surface area contributed by atoms with E-state index in [1.54, 1.807) is 0 Å². The molecule has 2 amide bonds. The molecule has 3 heteroatoms. The number of hydrogen-bond donors (Lipinski definition) is 0. The van der Waals surface area contributed by atoms with Gasteiger partial charge in [0.05, 0.1) is 0 Å². The standard InChI is InChI=1S/C14H18N2O/c17-14(15-8-4-5-9-15)16-10-13(11-16)12-6-2-1-3-7-12/h1-3,6-7,13H,4-5,8-11H2. The van der Waals surface area contributed by atoms with Crippen LogP contribution in [0.1, 0.15) is 24.3 Å². The van der Waals surface area contributed by atoms with E-state index in [2.05, 4.69) is 24.3 Å².